The van der Waals surface area contributed by atoms with Crippen molar-refractivity contribution in [2.24, 2.45) is 10.8 Å². The standard InChI is InChI=1S/C13H24O2S/c1-12(2,3)9-15-11(14)7-8-16-10-13(4,5)6/h7-8H,9-10H2,1-6H3/b8-7+. The molecule has 0 rings (SSSR count). The second-order valence-corrected chi connectivity index (χ2v) is 7.24. The lowest BCUT2D eigenvalue weighted by Crippen LogP contribution is -2.17. The van der Waals surface area contributed by atoms with Crippen LogP contribution in [-0.4, -0.2) is 18.3 Å². The first-order valence-electron chi connectivity index (χ1n) is 5.55. The predicted octanol–water partition coefficient (Wildman–Crippen LogP) is 3.87. The fourth-order valence-corrected chi connectivity index (χ4v) is 1.54. The number of thioether (sulfide) groups is 1. The van der Waals surface area contributed by atoms with Gasteiger partial charge < -0.3 is 4.74 Å². The van der Waals surface area contributed by atoms with Crippen LogP contribution in [0.5, 0.6) is 0 Å². The Hall–Kier alpha value is -0.440. The molecule has 0 aliphatic carbocycles. The van der Waals surface area contributed by atoms with E-state index in [9.17, 15) is 4.79 Å². The summed E-state index contributed by atoms with van der Waals surface area (Å²) in [5, 5.41) is 1.82. The Morgan fingerprint density at radius 3 is 2.12 bits per heavy atom. The third-order valence-electron chi connectivity index (χ3n) is 1.46. The zero-order valence-electron chi connectivity index (χ0n) is 11.3. The van der Waals surface area contributed by atoms with Crippen molar-refractivity contribution >= 4 is 17.7 Å². The Morgan fingerprint density at radius 1 is 1.12 bits per heavy atom. The Balaban J connectivity index is 3.76. The van der Waals surface area contributed by atoms with E-state index in [-0.39, 0.29) is 16.8 Å². The molecular weight excluding hydrogens is 220 g/mol. The number of carbonyl (C=O) groups excluding carboxylic acids is 1. The highest BCUT2D eigenvalue weighted by Crippen LogP contribution is 2.21. The largest absolute Gasteiger partial charge is 0.462 e. The Labute approximate surface area is 104 Å². The summed E-state index contributed by atoms with van der Waals surface area (Å²) < 4.78 is 5.10. The number of ether oxygens (including phenoxy) is 1. The van der Waals surface area contributed by atoms with Crippen LogP contribution >= 0.6 is 11.8 Å². The van der Waals surface area contributed by atoms with Gasteiger partial charge in [-0.25, -0.2) is 4.79 Å². The van der Waals surface area contributed by atoms with Crippen LogP contribution in [0.25, 0.3) is 0 Å². The van der Waals surface area contributed by atoms with Crippen LogP contribution in [-0.2, 0) is 9.53 Å². The van der Waals surface area contributed by atoms with Gasteiger partial charge in [0.05, 0.1) is 6.61 Å². The first-order chi connectivity index (χ1) is 7.10. The first kappa shape index (κ1) is 15.6. The summed E-state index contributed by atoms with van der Waals surface area (Å²) in [6.45, 7) is 13.1. The zero-order valence-corrected chi connectivity index (χ0v) is 12.1. The third-order valence-corrected chi connectivity index (χ3v) is 2.83. The molecule has 0 bridgehead atoms. The summed E-state index contributed by atoms with van der Waals surface area (Å²) in [6, 6.07) is 0. The lowest BCUT2D eigenvalue weighted by molar-refractivity contribution is -0.140. The van der Waals surface area contributed by atoms with Gasteiger partial charge in [0.25, 0.3) is 0 Å². The number of esters is 1. The number of rotatable bonds is 4. The molecular formula is C13H24O2S. The summed E-state index contributed by atoms with van der Waals surface area (Å²) in [4.78, 5) is 11.3. The van der Waals surface area contributed by atoms with Crippen LogP contribution < -0.4 is 0 Å². The van der Waals surface area contributed by atoms with E-state index in [0.717, 1.165) is 5.75 Å². The minimum absolute atomic E-state index is 0.0298. The highest BCUT2D eigenvalue weighted by Gasteiger charge is 2.12. The Kier molecular flexibility index (Phi) is 6.16. The second kappa shape index (κ2) is 6.33. The van der Waals surface area contributed by atoms with Gasteiger partial charge in [-0.05, 0) is 16.2 Å². The summed E-state index contributed by atoms with van der Waals surface area (Å²) in [6.07, 6.45) is 1.50. The van der Waals surface area contributed by atoms with E-state index in [0.29, 0.717) is 6.61 Å². The topological polar surface area (TPSA) is 26.3 Å². The molecule has 0 saturated carbocycles. The van der Waals surface area contributed by atoms with Crippen molar-refractivity contribution in [3.05, 3.63) is 11.5 Å². The minimum atomic E-state index is -0.253. The quantitative estimate of drug-likeness (QED) is 0.555. The molecule has 0 aromatic carbocycles. The Bertz CT molecular complexity index is 244. The van der Waals surface area contributed by atoms with Gasteiger partial charge >= 0.3 is 5.97 Å². The molecule has 0 aromatic rings. The number of carbonyl (C=O) groups is 1. The second-order valence-electron chi connectivity index (χ2n) is 6.34. The fourth-order valence-electron chi connectivity index (χ4n) is 0.738. The molecule has 0 heterocycles. The lowest BCUT2D eigenvalue weighted by Gasteiger charge is -2.17. The van der Waals surface area contributed by atoms with Gasteiger partial charge in [0, 0.05) is 11.8 Å². The molecule has 0 atom stereocenters. The molecule has 16 heavy (non-hydrogen) atoms. The molecule has 0 aromatic heterocycles. The molecule has 0 saturated heterocycles. The van der Waals surface area contributed by atoms with E-state index < -0.39 is 0 Å². The highest BCUT2D eigenvalue weighted by molar-refractivity contribution is 8.02. The molecule has 94 valence electrons. The van der Waals surface area contributed by atoms with Crippen molar-refractivity contribution in [2.75, 3.05) is 12.4 Å². The van der Waals surface area contributed by atoms with E-state index in [1.165, 1.54) is 6.08 Å². The van der Waals surface area contributed by atoms with Gasteiger partial charge in [0.15, 0.2) is 0 Å². The van der Waals surface area contributed by atoms with Gasteiger partial charge in [0.2, 0.25) is 0 Å². The van der Waals surface area contributed by atoms with Crippen molar-refractivity contribution in [1.82, 2.24) is 0 Å². The average molecular weight is 244 g/mol. The predicted molar refractivity (Wildman–Crippen MR) is 71.5 cm³/mol. The molecule has 0 fully saturated rings. The van der Waals surface area contributed by atoms with E-state index in [4.69, 9.17) is 4.74 Å². The van der Waals surface area contributed by atoms with E-state index in [2.05, 4.69) is 20.8 Å². The zero-order chi connectivity index (χ0) is 12.8. The average Bonchev–Trinajstić information content (AvgIpc) is 2.06. The number of hydrogen-bond donors (Lipinski definition) is 0. The van der Waals surface area contributed by atoms with Crippen molar-refractivity contribution in [3.8, 4) is 0 Å². The lowest BCUT2D eigenvalue weighted by atomic mass is 9.99. The van der Waals surface area contributed by atoms with E-state index in [1.54, 1.807) is 11.8 Å². The molecule has 2 nitrogen and oxygen atoms in total. The van der Waals surface area contributed by atoms with Crippen molar-refractivity contribution in [3.63, 3.8) is 0 Å². The van der Waals surface area contributed by atoms with Crippen molar-refractivity contribution in [1.29, 1.82) is 0 Å². The normalized spacial score (nSPS) is 13.1. The summed E-state index contributed by atoms with van der Waals surface area (Å²) >= 11 is 1.64. The summed E-state index contributed by atoms with van der Waals surface area (Å²) in [5.41, 5.74) is 0.312. The molecule has 0 radical (unpaired) electrons. The minimum Gasteiger partial charge on any atom is -0.462 e. The molecule has 0 unspecified atom stereocenters. The van der Waals surface area contributed by atoms with Crippen molar-refractivity contribution < 1.29 is 9.53 Å². The van der Waals surface area contributed by atoms with Crippen molar-refractivity contribution in [2.45, 2.75) is 41.5 Å². The first-order valence-corrected chi connectivity index (χ1v) is 6.60. The monoisotopic (exact) mass is 244 g/mol. The maximum absolute atomic E-state index is 11.3. The molecule has 0 aliphatic rings. The van der Waals surface area contributed by atoms with Crippen LogP contribution in [0.2, 0.25) is 0 Å². The molecule has 0 spiro atoms. The maximum atomic E-state index is 11.3. The van der Waals surface area contributed by atoms with Crippen LogP contribution in [0.4, 0.5) is 0 Å². The smallest absolute Gasteiger partial charge is 0.331 e. The molecule has 0 amide bonds. The summed E-state index contributed by atoms with van der Waals surface area (Å²) in [7, 11) is 0. The Morgan fingerprint density at radius 2 is 1.69 bits per heavy atom. The van der Waals surface area contributed by atoms with Gasteiger partial charge in [-0.1, -0.05) is 41.5 Å². The highest BCUT2D eigenvalue weighted by atomic mass is 32.2. The van der Waals surface area contributed by atoms with Crippen LogP contribution in [0, 0.1) is 10.8 Å². The number of hydrogen-bond acceptors (Lipinski definition) is 3. The fraction of sp³-hybridized carbons (Fsp3) is 0.769. The van der Waals surface area contributed by atoms with Crippen LogP contribution in [0.3, 0.4) is 0 Å². The van der Waals surface area contributed by atoms with E-state index >= 15 is 0 Å². The van der Waals surface area contributed by atoms with Crippen LogP contribution in [0.15, 0.2) is 11.5 Å². The third kappa shape index (κ3) is 11.6. The molecule has 0 N–H and O–H groups in total. The van der Waals surface area contributed by atoms with Gasteiger partial charge in [-0.2, -0.15) is 0 Å². The van der Waals surface area contributed by atoms with Gasteiger partial charge in [0.1, 0.15) is 0 Å². The summed E-state index contributed by atoms with van der Waals surface area (Å²) in [5.74, 6) is 0.743. The molecule has 3 heteroatoms. The van der Waals surface area contributed by atoms with Gasteiger partial charge in [-0.15, -0.1) is 11.8 Å². The van der Waals surface area contributed by atoms with E-state index in [1.807, 2.05) is 26.2 Å². The maximum Gasteiger partial charge on any atom is 0.331 e. The van der Waals surface area contributed by atoms with Crippen LogP contribution in [0.1, 0.15) is 41.5 Å². The molecule has 0 aliphatic heterocycles. The van der Waals surface area contributed by atoms with Gasteiger partial charge in [-0.3, -0.25) is 0 Å². The SMILES string of the molecule is CC(C)(C)COC(=O)/C=C/SCC(C)(C)C.